The Hall–Kier alpha value is -1.43. The van der Waals surface area contributed by atoms with E-state index < -0.39 is 0 Å². The van der Waals surface area contributed by atoms with Gasteiger partial charge in [0.25, 0.3) is 5.91 Å². The summed E-state index contributed by atoms with van der Waals surface area (Å²) in [6.07, 6.45) is 0. The van der Waals surface area contributed by atoms with Crippen LogP contribution < -0.4 is 10.1 Å². The van der Waals surface area contributed by atoms with Crippen LogP contribution in [0.25, 0.3) is 0 Å². The van der Waals surface area contributed by atoms with Crippen molar-refractivity contribution in [2.45, 2.75) is 6.92 Å². The van der Waals surface area contributed by atoms with E-state index in [4.69, 9.17) is 10.2 Å². The molecule has 0 aromatic carbocycles. The first kappa shape index (κ1) is 12.6. The Bertz CT molecular complexity index is 380. The molecule has 78 valence electrons. The summed E-state index contributed by atoms with van der Waals surface area (Å²) in [6.45, 7) is 3.84. The molecule has 0 saturated heterocycles. The largest absolute Gasteiger partial charge is 0.354 e. The Morgan fingerprint density at radius 2 is 2.07 bits per heavy atom. The molecule has 5 nitrogen and oxygen atoms in total. The first-order chi connectivity index (χ1) is 6.57. The van der Waals surface area contributed by atoms with Crippen molar-refractivity contribution in [1.82, 2.24) is 9.88 Å². The lowest BCUT2D eigenvalue weighted by Gasteiger charge is -2.00. The number of hydrogen-bond donors (Lipinski definition) is 2. The number of nitrogens with one attached hydrogen (secondary N) is 2. The van der Waals surface area contributed by atoms with Crippen molar-refractivity contribution in [2.24, 2.45) is 7.05 Å². The zero-order chi connectivity index (χ0) is 11.3. The Labute approximate surface area is 85.9 Å². The van der Waals surface area contributed by atoms with Crippen molar-refractivity contribution in [3.8, 4) is 0 Å². The molecule has 1 aromatic heterocycles. The summed E-state index contributed by atoms with van der Waals surface area (Å²) >= 11 is 1.31. The Morgan fingerprint density at radius 3 is 2.36 bits per heavy atom. The molecule has 0 spiro atoms. The van der Waals surface area contributed by atoms with Crippen molar-refractivity contribution in [3.63, 3.8) is 0 Å². The maximum Gasteiger partial charge on any atom is 0.268 e. The molecule has 0 fully saturated rings. The van der Waals surface area contributed by atoms with Crippen LogP contribution in [0, 0.1) is 12.3 Å². The Balaban J connectivity index is 0.000000791. The number of aryl methyl sites for hydroxylation is 1. The molecule has 0 aliphatic rings. The molecule has 1 amide bonds. The molecule has 1 aromatic rings. The van der Waals surface area contributed by atoms with Crippen molar-refractivity contribution in [2.75, 3.05) is 7.05 Å². The topological polar surface area (TPSA) is 75.0 Å². The van der Waals surface area contributed by atoms with Crippen LogP contribution in [-0.2, 0) is 11.8 Å². The normalized spacial score (nSPS) is 8.79. The number of nitrogens with zero attached hydrogens (tertiary/aromatic N) is 1. The standard InChI is InChI=1S/C7H11N3OS.CH2O/c1-4-5(6(11)9-2)10(3)7(8)12-4;1-2/h8H,1-3H3,(H,9,11);1H2. The smallest absolute Gasteiger partial charge is 0.268 e. The second-order valence-electron chi connectivity index (χ2n) is 2.45. The molecule has 0 bridgehead atoms. The van der Waals surface area contributed by atoms with Crippen molar-refractivity contribution in [3.05, 3.63) is 15.4 Å². The van der Waals surface area contributed by atoms with Gasteiger partial charge in [0.1, 0.15) is 12.5 Å². The van der Waals surface area contributed by atoms with Gasteiger partial charge in [-0.2, -0.15) is 0 Å². The van der Waals surface area contributed by atoms with Crippen LogP contribution in [0.15, 0.2) is 0 Å². The van der Waals surface area contributed by atoms with Crippen molar-refractivity contribution < 1.29 is 9.59 Å². The summed E-state index contributed by atoms with van der Waals surface area (Å²) in [7, 11) is 3.31. The average molecular weight is 215 g/mol. The Morgan fingerprint density at radius 1 is 1.57 bits per heavy atom. The van der Waals surface area contributed by atoms with Gasteiger partial charge in [0.05, 0.1) is 0 Å². The molecular weight excluding hydrogens is 202 g/mol. The van der Waals surface area contributed by atoms with E-state index in [9.17, 15) is 4.79 Å². The zero-order valence-corrected chi connectivity index (χ0v) is 9.20. The van der Waals surface area contributed by atoms with Crippen LogP contribution in [-0.4, -0.2) is 24.3 Å². The first-order valence-electron chi connectivity index (χ1n) is 3.80. The minimum Gasteiger partial charge on any atom is -0.354 e. The van der Waals surface area contributed by atoms with E-state index in [1.165, 1.54) is 11.3 Å². The number of carbonyl (C=O) groups is 2. The van der Waals surface area contributed by atoms with E-state index in [-0.39, 0.29) is 5.91 Å². The van der Waals surface area contributed by atoms with Gasteiger partial charge in [0.15, 0.2) is 4.80 Å². The van der Waals surface area contributed by atoms with Crippen LogP contribution in [0.2, 0.25) is 0 Å². The monoisotopic (exact) mass is 215 g/mol. The lowest BCUT2D eigenvalue weighted by Crippen LogP contribution is -2.24. The summed E-state index contributed by atoms with van der Waals surface area (Å²) in [4.78, 5) is 20.5. The molecule has 0 atom stereocenters. The maximum absolute atomic E-state index is 11.3. The fourth-order valence-electron chi connectivity index (χ4n) is 1.03. The number of rotatable bonds is 1. The molecule has 1 heterocycles. The summed E-state index contributed by atoms with van der Waals surface area (Å²) in [6, 6.07) is 0. The van der Waals surface area contributed by atoms with Gasteiger partial charge < -0.3 is 14.7 Å². The van der Waals surface area contributed by atoms with E-state index in [0.29, 0.717) is 10.5 Å². The molecule has 2 N–H and O–H groups in total. The second-order valence-corrected chi connectivity index (χ2v) is 3.65. The van der Waals surface area contributed by atoms with E-state index >= 15 is 0 Å². The number of aromatic nitrogens is 1. The predicted octanol–water partition coefficient (Wildman–Crippen LogP) is 0.0492. The van der Waals surface area contributed by atoms with Gasteiger partial charge in [-0.15, -0.1) is 11.3 Å². The lowest BCUT2D eigenvalue weighted by molar-refractivity contribution is -0.0979. The van der Waals surface area contributed by atoms with Crippen LogP contribution >= 0.6 is 11.3 Å². The second kappa shape index (κ2) is 5.33. The highest BCUT2D eigenvalue weighted by Gasteiger charge is 2.12. The van der Waals surface area contributed by atoms with Gasteiger partial charge in [-0.25, -0.2) is 0 Å². The third kappa shape index (κ3) is 2.29. The predicted molar refractivity (Wildman–Crippen MR) is 54.4 cm³/mol. The molecule has 0 saturated carbocycles. The van der Waals surface area contributed by atoms with Gasteiger partial charge in [0, 0.05) is 19.0 Å². The highest BCUT2D eigenvalue weighted by atomic mass is 32.1. The van der Waals surface area contributed by atoms with Crippen LogP contribution in [0.5, 0.6) is 0 Å². The van der Waals surface area contributed by atoms with E-state index in [1.807, 2.05) is 13.7 Å². The highest BCUT2D eigenvalue weighted by Crippen LogP contribution is 2.08. The summed E-state index contributed by atoms with van der Waals surface area (Å²) in [5, 5.41) is 9.99. The number of thiazole rings is 1. The highest BCUT2D eigenvalue weighted by molar-refractivity contribution is 7.09. The van der Waals surface area contributed by atoms with E-state index in [1.54, 1.807) is 18.7 Å². The van der Waals surface area contributed by atoms with Gasteiger partial charge in [-0.05, 0) is 6.92 Å². The molecule has 0 aliphatic carbocycles. The quantitative estimate of drug-likeness (QED) is 0.694. The number of carbonyl (C=O) groups excluding carboxylic acids is 2. The average Bonchev–Trinajstić information content (AvgIpc) is 2.44. The summed E-state index contributed by atoms with van der Waals surface area (Å²) in [5.41, 5.74) is 0.576. The van der Waals surface area contributed by atoms with Gasteiger partial charge in [-0.1, -0.05) is 0 Å². The molecule has 0 unspecified atom stereocenters. The summed E-state index contributed by atoms with van der Waals surface area (Å²) in [5.74, 6) is -0.134. The molecule has 0 aliphatic heterocycles. The maximum atomic E-state index is 11.3. The minimum atomic E-state index is -0.134. The molecule has 0 radical (unpaired) electrons. The third-order valence-corrected chi connectivity index (χ3v) is 2.63. The van der Waals surface area contributed by atoms with Gasteiger partial charge in [-0.3, -0.25) is 10.2 Å². The molecule has 1 rings (SSSR count). The van der Waals surface area contributed by atoms with Gasteiger partial charge in [0.2, 0.25) is 0 Å². The van der Waals surface area contributed by atoms with Crippen LogP contribution in [0.4, 0.5) is 0 Å². The zero-order valence-electron chi connectivity index (χ0n) is 8.38. The SMILES string of the molecule is C=O.CNC(=O)c1c(C)sc(=N)n1C. The first-order valence-corrected chi connectivity index (χ1v) is 4.61. The number of hydrogen-bond acceptors (Lipinski definition) is 4. The fourth-order valence-corrected chi connectivity index (χ4v) is 1.87. The van der Waals surface area contributed by atoms with Crippen LogP contribution in [0.3, 0.4) is 0 Å². The van der Waals surface area contributed by atoms with Crippen molar-refractivity contribution in [1.29, 1.82) is 5.41 Å². The molecule has 6 heteroatoms. The minimum absolute atomic E-state index is 0.134. The molecule has 14 heavy (non-hydrogen) atoms. The number of amides is 1. The third-order valence-electron chi connectivity index (χ3n) is 1.67. The fraction of sp³-hybridized carbons (Fsp3) is 0.375. The Kier molecular flexibility index (Phi) is 4.79. The lowest BCUT2D eigenvalue weighted by atomic mass is 10.3. The molecular formula is C8H13N3O2S. The summed E-state index contributed by atoms with van der Waals surface area (Å²) < 4.78 is 1.58. The van der Waals surface area contributed by atoms with Gasteiger partial charge >= 0.3 is 0 Å². The van der Waals surface area contributed by atoms with Crippen molar-refractivity contribution >= 4 is 24.0 Å². The van der Waals surface area contributed by atoms with Crippen LogP contribution in [0.1, 0.15) is 15.4 Å². The van der Waals surface area contributed by atoms with E-state index in [0.717, 1.165) is 4.88 Å². The van der Waals surface area contributed by atoms with E-state index in [2.05, 4.69) is 5.32 Å².